The van der Waals surface area contributed by atoms with E-state index in [1.165, 1.54) is 0 Å². The van der Waals surface area contributed by atoms with Crippen molar-refractivity contribution in [3.8, 4) is 11.4 Å². The molecule has 0 aliphatic heterocycles. The van der Waals surface area contributed by atoms with E-state index in [2.05, 4.69) is 25.6 Å². The van der Waals surface area contributed by atoms with Crippen LogP contribution in [0.3, 0.4) is 0 Å². The van der Waals surface area contributed by atoms with Crippen LogP contribution in [0.2, 0.25) is 0 Å². The van der Waals surface area contributed by atoms with Crippen molar-refractivity contribution in [1.29, 1.82) is 0 Å². The average molecular weight is 385 g/mol. The lowest BCUT2D eigenvalue weighted by atomic mass is 10.1. The van der Waals surface area contributed by atoms with Crippen molar-refractivity contribution in [2.45, 2.75) is 19.9 Å². The van der Waals surface area contributed by atoms with Crippen LogP contribution in [0.15, 0.2) is 48.7 Å². The first-order valence-corrected chi connectivity index (χ1v) is 8.86. The van der Waals surface area contributed by atoms with Gasteiger partial charge in [0.2, 0.25) is 5.95 Å². The Kier molecular flexibility index (Phi) is 6.10. The molecule has 0 spiro atoms. The van der Waals surface area contributed by atoms with Gasteiger partial charge >= 0.3 is 0 Å². The molecule has 1 aromatic carbocycles. The molecular formula is C20H21F2N5O. The van der Waals surface area contributed by atoms with Gasteiger partial charge in [0.15, 0.2) is 0 Å². The molecule has 0 bridgehead atoms. The summed E-state index contributed by atoms with van der Waals surface area (Å²) < 4.78 is 27.5. The summed E-state index contributed by atoms with van der Waals surface area (Å²) in [4.78, 5) is 13.1. The number of nitrogens with zero attached hydrogens (tertiary/aromatic N) is 3. The van der Waals surface area contributed by atoms with Crippen LogP contribution in [-0.2, 0) is 0 Å². The van der Waals surface area contributed by atoms with Crippen molar-refractivity contribution in [3.05, 3.63) is 60.3 Å². The molecule has 146 valence electrons. The van der Waals surface area contributed by atoms with Crippen LogP contribution in [0.5, 0.6) is 0 Å². The van der Waals surface area contributed by atoms with Crippen molar-refractivity contribution in [2.24, 2.45) is 5.92 Å². The van der Waals surface area contributed by atoms with Crippen LogP contribution in [0.1, 0.15) is 13.8 Å². The first-order chi connectivity index (χ1) is 13.5. The summed E-state index contributed by atoms with van der Waals surface area (Å²) in [5.41, 5.74) is 1.05. The summed E-state index contributed by atoms with van der Waals surface area (Å²) in [6.45, 7) is 3.81. The zero-order valence-corrected chi connectivity index (χ0v) is 15.5. The SMILES string of the molecule is CC(C)[C@@H](CO)Nc1nc(Nc2cc(F)ccc2F)cc(-c2ccccn2)n1. The Balaban J connectivity index is 2.00. The van der Waals surface area contributed by atoms with Crippen molar-refractivity contribution in [2.75, 3.05) is 17.2 Å². The van der Waals surface area contributed by atoms with Gasteiger partial charge in [0.1, 0.15) is 17.5 Å². The largest absolute Gasteiger partial charge is 0.394 e. The summed E-state index contributed by atoms with van der Waals surface area (Å²) >= 11 is 0. The maximum absolute atomic E-state index is 14.0. The summed E-state index contributed by atoms with van der Waals surface area (Å²) in [5.74, 6) is -0.534. The van der Waals surface area contributed by atoms with E-state index in [0.717, 1.165) is 18.2 Å². The van der Waals surface area contributed by atoms with Crippen LogP contribution in [0.4, 0.5) is 26.2 Å². The highest BCUT2D eigenvalue weighted by Gasteiger charge is 2.16. The molecule has 6 nitrogen and oxygen atoms in total. The predicted octanol–water partition coefficient (Wildman–Crippen LogP) is 3.99. The minimum atomic E-state index is -0.607. The molecule has 3 N–H and O–H groups in total. The highest BCUT2D eigenvalue weighted by molar-refractivity contribution is 5.65. The fourth-order valence-corrected chi connectivity index (χ4v) is 2.54. The number of anilines is 3. The summed E-state index contributed by atoms with van der Waals surface area (Å²) in [7, 11) is 0. The number of nitrogens with one attached hydrogen (secondary N) is 2. The van der Waals surface area contributed by atoms with E-state index in [1.807, 2.05) is 19.9 Å². The second kappa shape index (κ2) is 8.71. The third-order valence-electron chi connectivity index (χ3n) is 4.16. The van der Waals surface area contributed by atoms with E-state index < -0.39 is 11.6 Å². The van der Waals surface area contributed by atoms with Gasteiger partial charge in [-0.05, 0) is 30.2 Å². The molecule has 0 aliphatic rings. The molecular weight excluding hydrogens is 364 g/mol. The standard InChI is InChI=1S/C20H21F2N5O/c1-12(2)18(11-28)26-20-25-17(15-5-3-4-8-23-15)10-19(27-20)24-16-9-13(21)6-7-14(16)22/h3-10,12,18,28H,11H2,1-2H3,(H2,24,25,26,27)/t18-/m1/s1. The molecule has 2 aromatic heterocycles. The van der Waals surface area contributed by atoms with Crippen LogP contribution in [-0.4, -0.2) is 32.7 Å². The first-order valence-electron chi connectivity index (χ1n) is 8.86. The molecule has 28 heavy (non-hydrogen) atoms. The van der Waals surface area contributed by atoms with Crippen molar-refractivity contribution in [1.82, 2.24) is 15.0 Å². The van der Waals surface area contributed by atoms with E-state index >= 15 is 0 Å². The quantitative estimate of drug-likeness (QED) is 0.570. The van der Waals surface area contributed by atoms with E-state index in [9.17, 15) is 13.9 Å². The van der Waals surface area contributed by atoms with Crippen LogP contribution in [0, 0.1) is 17.6 Å². The molecule has 2 heterocycles. The second-order valence-electron chi connectivity index (χ2n) is 6.60. The zero-order valence-electron chi connectivity index (χ0n) is 15.5. The highest BCUT2D eigenvalue weighted by Crippen LogP contribution is 2.25. The number of hydrogen-bond donors (Lipinski definition) is 3. The fourth-order valence-electron chi connectivity index (χ4n) is 2.54. The highest BCUT2D eigenvalue weighted by atomic mass is 19.1. The Hall–Kier alpha value is -3.13. The Bertz CT molecular complexity index is 937. The maximum Gasteiger partial charge on any atom is 0.225 e. The van der Waals surface area contributed by atoms with Crippen LogP contribution >= 0.6 is 0 Å². The Morgan fingerprint density at radius 1 is 1.04 bits per heavy atom. The number of benzene rings is 1. The van der Waals surface area contributed by atoms with Gasteiger partial charge in [0, 0.05) is 18.3 Å². The average Bonchev–Trinajstić information content (AvgIpc) is 2.69. The third kappa shape index (κ3) is 4.77. The van der Waals surface area contributed by atoms with E-state index in [-0.39, 0.29) is 36.0 Å². The smallest absolute Gasteiger partial charge is 0.225 e. The van der Waals surface area contributed by atoms with Gasteiger partial charge in [-0.2, -0.15) is 4.98 Å². The van der Waals surface area contributed by atoms with E-state index in [1.54, 1.807) is 24.4 Å². The van der Waals surface area contributed by atoms with E-state index in [0.29, 0.717) is 11.4 Å². The molecule has 8 heteroatoms. The molecule has 0 amide bonds. The normalized spacial score (nSPS) is 12.1. The molecule has 0 saturated carbocycles. The molecule has 0 saturated heterocycles. The molecule has 0 fully saturated rings. The topological polar surface area (TPSA) is 83.0 Å². The molecule has 0 unspecified atom stereocenters. The molecule has 3 rings (SSSR count). The number of aliphatic hydroxyl groups is 1. The van der Waals surface area contributed by atoms with Crippen LogP contribution < -0.4 is 10.6 Å². The summed E-state index contributed by atoms with van der Waals surface area (Å²) in [6.07, 6.45) is 1.63. The lowest BCUT2D eigenvalue weighted by molar-refractivity contribution is 0.248. The first kappa shape index (κ1) is 19.6. The van der Waals surface area contributed by atoms with Gasteiger partial charge in [-0.25, -0.2) is 13.8 Å². The number of pyridine rings is 1. The molecule has 0 radical (unpaired) electrons. The van der Waals surface area contributed by atoms with Gasteiger partial charge in [-0.3, -0.25) is 4.98 Å². The van der Waals surface area contributed by atoms with Crippen molar-refractivity contribution < 1.29 is 13.9 Å². The van der Waals surface area contributed by atoms with Gasteiger partial charge < -0.3 is 15.7 Å². The Morgan fingerprint density at radius 2 is 1.86 bits per heavy atom. The summed E-state index contributed by atoms with van der Waals surface area (Å²) in [6, 6.07) is 9.85. The third-order valence-corrected chi connectivity index (χ3v) is 4.16. The van der Waals surface area contributed by atoms with Gasteiger partial charge in [-0.15, -0.1) is 0 Å². The van der Waals surface area contributed by atoms with Crippen LogP contribution in [0.25, 0.3) is 11.4 Å². The summed E-state index contributed by atoms with van der Waals surface area (Å²) in [5, 5.41) is 15.4. The van der Waals surface area contributed by atoms with Gasteiger partial charge in [-0.1, -0.05) is 19.9 Å². The molecule has 1 atom stereocenters. The minimum absolute atomic E-state index is 0.0424. The van der Waals surface area contributed by atoms with Crippen molar-refractivity contribution >= 4 is 17.5 Å². The predicted molar refractivity (Wildman–Crippen MR) is 104 cm³/mol. The number of halogens is 2. The number of aliphatic hydroxyl groups excluding tert-OH is 1. The molecule has 0 aliphatic carbocycles. The number of rotatable bonds is 7. The maximum atomic E-state index is 14.0. The molecule has 3 aromatic rings. The van der Waals surface area contributed by atoms with Crippen molar-refractivity contribution in [3.63, 3.8) is 0 Å². The van der Waals surface area contributed by atoms with Gasteiger partial charge in [0.05, 0.1) is 29.7 Å². The van der Waals surface area contributed by atoms with Gasteiger partial charge in [0.25, 0.3) is 0 Å². The fraction of sp³-hybridized carbons (Fsp3) is 0.250. The number of aromatic nitrogens is 3. The monoisotopic (exact) mass is 385 g/mol. The number of hydrogen-bond acceptors (Lipinski definition) is 6. The Morgan fingerprint density at radius 3 is 2.54 bits per heavy atom. The zero-order chi connectivity index (χ0) is 20.1. The second-order valence-corrected chi connectivity index (χ2v) is 6.60. The van der Waals surface area contributed by atoms with E-state index in [4.69, 9.17) is 0 Å². The lowest BCUT2D eigenvalue weighted by Gasteiger charge is -2.20. The lowest BCUT2D eigenvalue weighted by Crippen LogP contribution is -2.30. The minimum Gasteiger partial charge on any atom is -0.394 e. The Labute approximate surface area is 161 Å².